The lowest BCUT2D eigenvalue weighted by atomic mass is 10.1. The Morgan fingerprint density at radius 1 is 1.06 bits per heavy atom. The fourth-order valence-electron chi connectivity index (χ4n) is 3.09. The van der Waals surface area contributed by atoms with Crippen LogP contribution in [0, 0.1) is 5.82 Å². The van der Waals surface area contributed by atoms with Gasteiger partial charge >= 0.3 is 5.97 Å². The van der Waals surface area contributed by atoms with Crippen LogP contribution in [0.15, 0.2) is 65.3 Å². The van der Waals surface area contributed by atoms with E-state index >= 15 is 0 Å². The van der Waals surface area contributed by atoms with Crippen LogP contribution in [0.5, 0.6) is 11.5 Å². The normalized spacial score (nSPS) is 14.3. The molecule has 0 aliphatic carbocycles. The Hall–Kier alpha value is -3.06. The monoisotopic (exact) mass is 505 g/mol. The van der Waals surface area contributed by atoms with E-state index in [9.17, 15) is 9.18 Å². The highest BCUT2D eigenvalue weighted by molar-refractivity contribution is 6.37. The number of carbonyl (C=O) groups excluding carboxylic acids is 1. The van der Waals surface area contributed by atoms with Crippen molar-refractivity contribution in [2.75, 3.05) is 7.11 Å². The number of methoxy groups -OCH3 is 1. The molecule has 0 atom stereocenters. The van der Waals surface area contributed by atoms with E-state index in [0.717, 1.165) is 0 Å². The molecule has 0 aromatic heterocycles. The Labute approximate surface area is 204 Å². The van der Waals surface area contributed by atoms with Crippen LogP contribution >= 0.6 is 34.8 Å². The summed E-state index contributed by atoms with van der Waals surface area (Å²) in [5.74, 6) is -0.309. The number of ether oxygens (including phenoxy) is 3. The molecule has 9 heteroatoms. The molecule has 3 aromatic rings. The number of rotatable bonds is 6. The molecule has 1 aliphatic rings. The maximum Gasteiger partial charge on any atom is 0.363 e. The molecule has 0 saturated carbocycles. The van der Waals surface area contributed by atoms with Gasteiger partial charge in [-0.1, -0.05) is 46.9 Å². The van der Waals surface area contributed by atoms with Crippen molar-refractivity contribution in [2.24, 2.45) is 4.99 Å². The van der Waals surface area contributed by atoms with Crippen molar-refractivity contribution >= 4 is 52.7 Å². The smallest absolute Gasteiger partial charge is 0.363 e. The Morgan fingerprint density at radius 3 is 2.61 bits per heavy atom. The SMILES string of the molecule is COc1cc(/C=C2\N=C(c3ccc(Cl)cc3Cl)OC2=O)cc(Cl)c1OCc1cccc(F)c1. The lowest BCUT2D eigenvalue weighted by Gasteiger charge is -2.13. The molecule has 0 spiro atoms. The van der Waals surface area contributed by atoms with Crippen molar-refractivity contribution in [3.05, 3.63) is 97.9 Å². The maximum absolute atomic E-state index is 13.4. The first-order valence-corrected chi connectivity index (χ1v) is 10.7. The fraction of sp³-hybridized carbons (Fsp3) is 0.0833. The Kier molecular flexibility index (Phi) is 6.88. The molecular weight excluding hydrogens is 492 g/mol. The standard InChI is InChI=1S/C24H15Cl3FNO4/c1-31-21-10-14(8-19(27)22(21)32-12-13-3-2-4-16(28)7-13)9-20-24(30)33-23(29-20)17-6-5-15(25)11-18(17)26/h2-11H,12H2,1H3/b20-9-. The number of cyclic esters (lactones) is 1. The van der Waals surface area contributed by atoms with Crippen LogP contribution in [-0.2, 0) is 16.1 Å². The van der Waals surface area contributed by atoms with Gasteiger partial charge in [0.2, 0.25) is 5.90 Å². The molecule has 0 radical (unpaired) electrons. The van der Waals surface area contributed by atoms with Crippen molar-refractivity contribution in [2.45, 2.75) is 6.61 Å². The molecule has 0 N–H and O–H groups in total. The zero-order valence-electron chi connectivity index (χ0n) is 17.1. The Balaban J connectivity index is 1.60. The van der Waals surface area contributed by atoms with Gasteiger partial charge in [0.25, 0.3) is 0 Å². The average Bonchev–Trinajstić information content (AvgIpc) is 3.12. The molecular formula is C24H15Cl3FNO4. The van der Waals surface area contributed by atoms with Crippen LogP contribution in [0.25, 0.3) is 6.08 Å². The molecule has 1 aliphatic heterocycles. The summed E-state index contributed by atoms with van der Waals surface area (Å²) >= 11 is 18.5. The number of carbonyl (C=O) groups is 1. The van der Waals surface area contributed by atoms with E-state index in [1.165, 1.54) is 31.4 Å². The molecule has 4 rings (SSSR count). The predicted molar refractivity (Wildman–Crippen MR) is 126 cm³/mol. The van der Waals surface area contributed by atoms with Gasteiger partial charge in [-0.05, 0) is 59.7 Å². The van der Waals surface area contributed by atoms with Gasteiger partial charge in [0, 0.05) is 5.02 Å². The molecule has 168 valence electrons. The van der Waals surface area contributed by atoms with E-state index in [1.54, 1.807) is 36.4 Å². The number of benzene rings is 3. The van der Waals surface area contributed by atoms with Crippen molar-refractivity contribution in [1.82, 2.24) is 0 Å². The summed E-state index contributed by atoms with van der Waals surface area (Å²) in [6, 6.07) is 14.0. The molecule has 0 saturated heterocycles. The third-order valence-corrected chi connectivity index (χ3v) is 5.44. The average molecular weight is 507 g/mol. The quantitative estimate of drug-likeness (QED) is 0.275. The van der Waals surface area contributed by atoms with Gasteiger partial charge in [0.1, 0.15) is 12.4 Å². The van der Waals surface area contributed by atoms with Crippen molar-refractivity contribution in [3.63, 3.8) is 0 Å². The molecule has 1 heterocycles. The molecule has 5 nitrogen and oxygen atoms in total. The van der Waals surface area contributed by atoms with Crippen molar-refractivity contribution in [3.8, 4) is 11.5 Å². The van der Waals surface area contributed by atoms with Crippen LogP contribution in [-0.4, -0.2) is 19.0 Å². The first kappa shape index (κ1) is 23.1. The third kappa shape index (κ3) is 5.30. The largest absolute Gasteiger partial charge is 0.493 e. The molecule has 0 amide bonds. The van der Waals surface area contributed by atoms with E-state index in [4.69, 9.17) is 49.0 Å². The van der Waals surface area contributed by atoms with Crippen LogP contribution < -0.4 is 9.47 Å². The lowest BCUT2D eigenvalue weighted by molar-refractivity contribution is -0.129. The summed E-state index contributed by atoms with van der Waals surface area (Å²) < 4.78 is 29.8. The Bertz CT molecular complexity index is 1310. The number of esters is 1. The zero-order chi connectivity index (χ0) is 23.5. The summed E-state index contributed by atoms with van der Waals surface area (Å²) in [5.41, 5.74) is 1.67. The van der Waals surface area contributed by atoms with E-state index in [-0.39, 0.29) is 34.8 Å². The van der Waals surface area contributed by atoms with Gasteiger partial charge < -0.3 is 14.2 Å². The molecule has 3 aromatic carbocycles. The zero-order valence-corrected chi connectivity index (χ0v) is 19.3. The number of hydrogen-bond donors (Lipinski definition) is 0. The van der Waals surface area contributed by atoms with Gasteiger partial charge in [-0.2, -0.15) is 0 Å². The minimum atomic E-state index is -0.641. The van der Waals surface area contributed by atoms with Gasteiger partial charge in [-0.25, -0.2) is 14.2 Å². The minimum Gasteiger partial charge on any atom is -0.493 e. The highest BCUT2D eigenvalue weighted by atomic mass is 35.5. The predicted octanol–water partition coefficient (Wildman–Crippen LogP) is 6.72. The highest BCUT2D eigenvalue weighted by Gasteiger charge is 2.26. The topological polar surface area (TPSA) is 57.1 Å². The highest BCUT2D eigenvalue weighted by Crippen LogP contribution is 2.38. The van der Waals surface area contributed by atoms with E-state index in [2.05, 4.69) is 4.99 Å². The molecule has 0 fully saturated rings. The van der Waals surface area contributed by atoms with Crippen LogP contribution in [0.4, 0.5) is 4.39 Å². The Morgan fingerprint density at radius 2 is 1.88 bits per heavy atom. The summed E-state index contributed by atoms with van der Waals surface area (Å²) in [5, 5.41) is 1.000. The third-order valence-electron chi connectivity index (χ3n) is 4.61. The number of halogens is 4. The molecule has 0 bridgehead atoms. The van der Waals surface area contributed by atoms with Gasteiger partial charge in [-0.15, -0.1) is 0 Å². The van der Waals surface area contributed by atoms with Gasteiger partial charge in [0.15, 0.2) is 17.2 Å². The van der Waals surface area contributed by atoms with Gasteiger partial charge in [0.05, 0.1) is 22.7 Å². The first-order chi connectivity index (χ1) is 15.8. The second kappa shape index (κ2) is 9.83. The first-order valence-electron chi connectivity index (χ1n) is 9.57. The number of aliphatic imine (C=N–C) groups is 1. The summed E-state index contributed by atoms with van der Waals surface area (Å²) in [4.78, 5) is 16.6. The second-order valence-electron chi connectivity index (χ2n) is 6.91. The summed E-state index contributed by atoms with van der Waals surface area (Å²) in [6.45, 7) is 0.0934. The van der Waals surface area contributed by atoms with Crippen LogP contribution in [0.2, 0.25) is 15.1 Å². The van der Waals surface area contributed by atoms with E-state index in [1.807, 2.05) is 0 Å². The number of hydrogen-bond acceptors (Lipinski definition) is 5. The second-order valence-corrected chi connectivity index (χ2v) is 8.16. The molecule has 33 heavy (non-hydrogen) atoms. The fourth-order valence-corrected chi connectivity index (χ4v) is 3.85. The molecule has 0 unspecified atom stereocenters. The lowest BCUT2D eigenvalue weighted by Crippen LogP contribution is -2.05. The van der Waals surface area contributed by atoms with Crippen LogP contribution in [0.3, 0.4) is 0 Å². The van der Waals surface area contributed by atoms with Gasteiger partial charge in [-0.3, -0.25) is 0 Å². The minimum absolute atomic E-state index is 0.0579. The summed E-state index contributed by atoms with van der Waals surface area (Å²) in [6.07, 6.45) is 1.50. The number of nitrogens with zero attached hydrogens (tertiary/aromatic N) is 1. The summed E-state index contributed by atoms with van der Waals surface area (Å²) in [7, 11) is 1.46. The van der Waals surface area contributed by atoms with E-state index in [0.29, 0.717) is 32.5 Å². The van der Waals surface area contributed by atoms with Crippen molar-refractivity contribution < 1.29 is 23.4 Å². The van der Waals surface area contributed by atoms with Crippen LogP contribution in [0.1, 0.15) is 16.7 Å². The van der Waals surface area contributed by atoms with Crippen molar-refractivity contribution in [1.29, 1.82) is 0 Å². The maximum atomic E-state index is 13.4. The van der Waals surface area contributed by atoms with E-state index < -0.39 is 5.97 Å².